The molecule has 0 radical (unpaired) electrons. The Kier molecular flexibility index (Phi) is 5.48. The molecule has 0 spiro atoms. The lowest BCUT2D eigenvalue weighted by Crippen LogP contribution is -2.36. The van der Waals surface area contributed by atoms with Crippen LogP contribution in [0.3, 0.4) is 0 Å². The number of fused-ring (bicyclic) bond motifs is 1. The molecule has 9 heteroatoms. The van der Waals surface area contributed by atoms with E-state index in [0.29, 0.717) is 36.5 Å². The molecule has 3 N–H and O–H groups in total. The standard InChI is InChI=1S/C17H21BN4O4/c1-11(23)16-4-2-3-12-7-13(18(25)26-17(12)16)8-15(24)9-14-10-20-21-22(14)6-5-19/h2-4,10,13,25H,5-9,19H2,1H3/t13-/m1/s1. The van der Waals surface area contributed by atoms with Gasteiger partial charge in [-0.2, -0.15) is 0 Å². The van der Waals surface area contributed by atoms with Crippen LogP contribution in [0.2, 0.25) is 5.82 Å². The lowest BCUT2D eigenvalue weighted by molar-refractivity contribution is -0.118. The number of benzene rings is 1. The minimum atomic E-state index is -1.13. The summed E-state index contributed by atoms with van der Waals surface area (Å²) in [6.07, 6.45) is 2.37. The quantitative estimate of drug-likeness (QED) is 0.545. The molecular weight excluding hydrogens is 335 g/mol. The normalized spacial score (nSPS) is 16.1. The first-order valence-electron chi connectivity index (χ1n) is 8.56. The molecule has 0 aliphatic carbocycles. The summed E-state index contributed by atoms with van der Waals surface area (Å²) < 4.78 is 7.18. The van der Waals surface area contributed by atoms with Gasteiger partial charge in [-0.25, -0.2) is 4.68 Å². The maximum Gasteiger partial charge on any atom is 0.526 e. The Hall–Kier alpha value is -2.52. The molecule has 26 heavy (non-hydrogen) atoms. The number of nitrogens with zero attached hydrogens (tertiary/aromatic N) is 3. The van der Waals surface area contributed by atoms with Gasteiger partial charge in [-0.3, -0.25) is 9.59 Å². The smallest absolute Gasteiger partial charge is 0.526 e. The molecule has 1 atom stereocenters. The molecule has 2 heterocycles. The van der Waals surface area contributed by atoms with Crippen LogP contribution in [-0.4, -0.2) is 45.2 Å². The Morgan fingerprint density at radius 1 is 1.46 bits per heavy atom. The van der Waals surface area contributed by atoms with Crippen LogP contribution in [0.25, 0.3) is 0 Å². The Morgan fingerprint density at radius 3 is 3.00 bits per heavy atom. The number of nitrogens with two attached hydrogens (primary N) is 1. The lowest BCUT2D eigenvalue weighted by Gasteiger charge is -2.28. The number of carbonyl (C=O) groups is 2. The van der Waals surface area contributed by atoms with Crippen molar-refractivity contribution in [1.29, 1.82) is 0 Å². The summed E-state index contributed by atoms with van der Waals surface area (Å²) in [5.41, 5.74) is 7.50. The highest BCUT2D eigenvalue weighted by Crippen LogP contribution is 2.36. The number of carbonyl (C=O) groups excluding carboxylic acids is 2. The summed E-state index contributed by atoms with van der Waals surface area (Å²) >= 11 is 0. The van der Waals surface area contributed by atoms with Crippen molar-refractivity contribution in [3.8, 4) is 5.75 Å². The van der Waals surface area contributed by atoms with Crippen LogP contribution in [0.4, 0.5) is 0 Å². The van der Waals surface area contributed by atoms with E-state index in [1.807, 2.05) is 6.07 Å². The second-order valence-corrected chi connectivity index (χ2v) is 6.48. The number of para-hydroxylation sites is 1. The number of ketones is 2. The molecule has 0 saturated heterocycles. The van der Waals surface area contributed by atoms with E-state index in [1.165, 1.54) is 6.92 Å². The van der Waals surface area contributed by atoms with Gasteiger partial charge in [0.05, 0.1) is 24.0 Å². The van der Waals surface area contributed by atoms with Crippen LogP contribution >= 0.6 is 0 Å². The summed E-state index contributed by atoms with van der Waals surface area (Å²) in [6, 6.07) is 5.31. The number of hydrogen-bond donors (Lipinski definition) is 2. The molecule has 136 valence electrons. The highest BCUT2D eigenvalue weighted by Gasteiger charge is 2.37. The van der Waals surface area contributed by atoms with Gasteiger partial charge >= 0.3 is 7.12 Å². The molecule has 1 aliphatic heterocycles. The zero-order valence-electron chi connectivity index (χ0n) is 14.6. The van der Waals surface area contributed by atoms with Gasteiger partial charge in [0.25, 0.3) is 0 Å². The topological polar surface area (TPSA) is 120 Å². The third-order valence-electron chi connectivity index (χ3n) is 4.51. The molecular formula is C17H21BN4O4. The van der Waals surface area contributed by atoms with Crippen molar-refractivity contribution < 1.29 is 19.3 Å². The maximum absolute atomic E-state index is 12.4. The summed E-state index contributed by atoms with van der Waals surface area (Å²) in [5.74, 6) is -0.105. The molecule has 0 amide bonds. The average molecular weight is 356 g/mol. The highest BCUT2D eigenvalue weighted by atomic mass is 16.5. The maximum atomic E-state index is 12.4. The number of rotatable bonds is 7. The second-order valence-electron chi connectivity index (χ2n) is 6.48. The third kappa shape index (κ3) is 3.84. The van der Waals surface area contributed by atoms with E-state index >= 15 is 0 Å². The van der Waals surface area contributed by atoms with Crippen molar-refractivity contribution in [3.05, 3.63) is 41.2 Å². The van der Waals surface area contributed by atoms with E-state index in [-0.39, 0.29) is 30.2 Å². The molecule has 0 saturated carbocycles. The van der Waals surface area contributed by atoms with Gasteiger partial charge in [-0.1, -0.05) is 17.3 Å². The molecule has 3 rings (SSSR count). The Bertz CT molecular complexity index is 823. The van der Waals surface area contributed by atoms with E-state index in [1.54, 1.807) is 23.0 Å². The fourth-order valence-electron chi connectivity index (χ4n) is 3.23. The first-order chi connectivity index (χ1) is 12.5. The molecule has 0 bridgehead atoms. The summed E-state index contributed by atoms with van der Waals surface area (Å²) in [7, 11) is -1.13. The van der Waals surface area contributed by atoms with E-state index in [0.717, 1.165) is 5.56 Å². The predicted octanol–water partition coefficient (Wildman–Crippen LogP) is 0.427. The van der Waals surface area contributed by atoms with Crippen molar-refractivity contribution in [2.45, 2.75) is 38.5 Å². The fourth-order valence-corrected chi connectivity index (χ4v) is 3.23. The largest absolute Gasteiger partial charge is 0.535 e. The zero-order chi connectivity index (χ0) is 18.7. The van der Waals surface area contributed by atoms with E-state index in [9.17, 15) is 14.6 Å². The Labute approximate surface area is 151 Å². The van der Waals surface area contributed by atoms with Crippen LogP contribution < -0.4 is 10.4 Å². The van der Waals surface area contributed by atoms with E-state index in [2.05, 4.69) is 10.3 Å². The highest BCUT2D eigenvalue weighted by molar-refractivity contribution is 6.47. The van der Waals surface area contributed by atoms with Crippen molar-refractivity contribution in [1.82, 2.24) is 15.0 Å². The average Bonchev–Trinajstić information content (AvgIpc) is 3.02. The van der Waals surface area contributed by atoms with Crippen LogP contribution in [0, 0.1) is 0 Å². The van der Waals surface area contributed by atoms with E-state index in [4.69, 9.17) is 10.4 Å². The van der Waals surface area contributed by atoms with Crippen molar-refractivity contribution in [2.75, 3.05) is 6.54 Å². The van der Waals surface area contributed by atoms with Gasteiger partial charge < -0.3 is 15.4 Å². The number of Topliss-reactive ketones (excluding diaryl/α,β-unsaturated/α-hetero) is 2. The zero-order valence-corrected chi connectivity index (χ0v) is 14.6. The van der Waals surface area contributed by atoms with Gasteiger partial charge in [-0.15, -0.1) is 5.10 Å². The minimum Gasteiger partial charge on any atom is -0.535 e. The van der Waals surface area contributed by atoms with Gasteiger partial charge in [0.1, 0.15) is 11.5 Å². The molecule has 1 aliphatic rings. The van der Waals surface area contributed by atoms with Gasteiger partial charge in [0, 0.05) is 25.2 Å². The van der Waals surface area contributed by atoms with Crippen LogP contribution in [0.1, 0.15) is 35.0 Å². The fraction of sp³-hybridized carbons (Fsp3) is 0.412. The van der Waals surface area contributed by atoms with Crippen molar-refractivity contribution in [3.63, 3.8) is 0 Å². The molecule has 8 nitrogen and oxygen atoms in total. The lowest BCUT2D eigenvalue weighted by atomic mass is 9.64. The summed E-state index contributed by atoms with van der Waals surface area (Å²) in [6.45, 7) is 2.37. The van der Waals surface area contributed by atoms with Gasteiger partial charge in [0.2, 0.25) is 0 Å². The van der Waals surface area contributed by atoms with Crippen molar-refractivity contribution in [2.24, 2.45) is 5.73 Å². The Balaban J connectivity index is 1.69. The van der Waals surface area contributed by atoms with Gasteiger partial charge in [0.15, 0.2) is 5.78 Å². The van der Waals surface area contributed by atoms with Crippen LogP contribution in [0.15, 0.2) is 24.4 Å². The molecule has 0 fully saturated rings. The first kappa shape index (κ1) is 18.3. The van der Waals surface area contributed by atoms with Crippen LogP contribution in [0.5, 0.6) is 5.75 Å². The SMILES string of the molecule is CC(=O)c1cccc2c1OB(O)[C@@H](CC(=O)Cc1cnnn1CCN)C2. The summed E-state index contributed by atoms with van der Waals surface area (Å²) in [5, 5.41) is 18.0. The third-order valence-corrected chi connectivity index (χ3v) is 4.51. The molecule has 2 aromatic rings. The molecule has 0 unspecified atom stereocenters. The van der Waals surface area contributed by atoms with Crippen LogP contribution in [-0.2, 0) is 24.2 Å². The monoisotopic (exact) mass is 356 g/mol. The molecule has 1 aromatic heterocycles. The summed E-state index contributed by atoms with van der Waals surface area (Å²) in [4.78, 5) is 24.2. The number of hydrogen-bond acceptors (Lipinski definition) is 7. The number of aromatic nitrogens is 3. The second kappa shape index (κ2) is 7.80. The van der Waals surface area contributed by atoms with Gasteiger partial charge in [-0.05, 0) is 25.0 Å². The van der Waals surface area contributed by atoms with Crippen molar-refractivity contribution >= 4 is 18.7 Å². The first-order valence-corrected chi connectivity index (χ1v) is 8.56. The predicted molar refractivity (Wildman–Crippen MR) is 94.9 cm³/mol. The minimum absolute atomic E-state index is 0.0376. The molecule has 1 aromatic carbocycles. The Morgan fingerprint density at radius 2 is 2.27 bits per heavy atom. The van der Waals surface area contributed by atoms with E-state index < -0.39 is 7.12 Å².